The molecule has 1 amide bonds. The van der Waals surface area contributed by atoms with Crippen LogP contribution in [0.3, 0.4) is 0 Å². The number of benzene rings is 1. The van der Waals surface area contributed by atoms with Crippen LogP contribution in [0.5, 0.6) is 11.5 Å². The van der Waals surface area contributed by atoms with E-state index in [2.05, 4.69) is 38.3 Å². The maximum atomic E-state index is 12.6. The highest BCUT2D eigenvalue weighted by molar-refractivity contribution is 7.17. The fraction of sp³-hybridized carbons (Fsp3) is 0.455. The molecule has 0 aliphatic carbocycles. The fourth-order valence-corrected chi connectivity index (χ4v) is 5.26. The lowest BCUT2D eigenvalue weighted by Crippen LogP contribution is -2.55. The van der Waals surface area contributed by atoms with Crippen LogP contribution in [0, 0.1) is 0 Å². The highest BCUT2D eigenvalue weighted by Crippen LogP contribution is 2.45. The molecule has 0 saturated carbocycles. The predicted molar refractivity (Wildman–Crippen MR) is 117 cm³/mol. The maximum Gasteiger partial charge on any atom is 0.341 e. The molecule has 1 aromatic heterocycles. The molecule has 7 nitrogen and oxygen atoms in total. The summed E-state index contributed by atoms with van der Waals surface area (Å²) in [5.74, 6) is 0.194. The van der Waals surface area contributed by atoms with E-state index in [1.54, 1.807) is 25.3 Å². The fourth-order valence-electron chi connectivity index (χ4n) is 3.98. The first-order valence-corrected chi connectivity index (χ1v) is 10.5. The summed E-state index contributed by atoms with van der Waals surface area (Å²) in [7, 11) is 2.89. The predicted octanol–water partition coefficient (Wildman–Crippen LogP) is 3.72. The number of thiophene rings is 1. The number of ether oxygens (including phenoxy) is 3. The SMILES string of the molecule is COC(=O)c1c(NC(=O)COc2ccccc2OC)sc2c1CC(C)(C)NC2(C)C. The molecular weight excluding hydrogens is 404 g/mol. The average molecular weight is 433 g/mol. The van der Waals surface area contributed by atoms with Crippen molar-refractivity contribution in [3.05, 3.63) is 40.3 Å². The van der Waals surface area contributed by atoms with Crippen LogP contribution in [0.4, 0.5) is 5.00 Å². The first kappa shape index (κ1) is 22.1. The molecule has 0 bridgehead atoms. The second kappa shape index (κ2) is 8.28. The van der Waals surface area contributed by atoms with Crippen LogP contribution in [0.15, 0.2) is 24.3 Å². The highest BCUT2D eigenvalue weighted by atomic mass is 32.1. The van der Waals surface area contributed by atoms with Gasteiger partial charge in [0.1, 0.15) is 5.00 Å². The Morgan fingerprint density at radius 2 is 1.80 bits per heavy atom. The molecule has 1 aliphatic heterocycles. The van der Waals surface area contributed by atoms with E-state index in [1.807, 2.05) is 6.07 Å². The van der Waals surface area contributed by atoms with Gasteiger partial charge in [0.05, 0.1) is 19.8 Å². The van der Waals surface area contributed by atoms with Gasteiger partial charge in [-0.25, -0.2) is 4.79 Å². The van der Waals surface area contributed by atoms with Crippen molar-refractivity contribution >= 4 is 28.2 Å². The second-order valence-corrected chi connectivity index (χ2v) is 9.42. The maximum absolute atomic E-state index is 12.6. The first-order valence-electron chi connectivity index (χ1n) is 9.67. The van der Waals surface area contributed by atoms with Gasteiger partial charge >= 0.3 is 5.97 Å². The third-order valence-electron chi connectivity index (χ3n) is 4.91. The van der Waals surface area contributed by atoms with Crippen molar-refractivity contribution in [3.63, 3.8) is 0 Å². The lowest BCUT2D eigenvalue weighted by atomic mass is 9.81. The summed E-state index contributed by atoms with van der Waals surface area (Å²) in [6, 6.07) is 7.11. The molecule has 3 rings (SSSR count). The number of nitrogens with one attached hydrogen (secondary N) is 2. The Morgan fingerprint density at radius 1 is 1.13 bits per heavy atom. The summed E-state index contributed by atoms with van der Waals surface area (Å²) < 4.78 is 15.9. The zero-order chi connectivity index (χ0) is 22.1. The number of fused-ring (bicyclic) bond motifs is 1. The summed E-state index contributed by atoms with van der Waals surface area (Å²) in [5.41, 5.74) is 0.794. The molecule has 1 aromatic carbocycles. The summed E-state index contributed by atoms with van der Waals surface area (Å²) in [4.78, 5) is 26.2. The van der Waals surface area contributed by atoms with Crippen molar-refractivity contribution in [1.82, 2.24) is 5.32 Å². The zero-order valence-electron chi connectivity index (χ0n) is 18.2. The normalized spacial score (nSPS) is 16.3. The number of carbonyl (C=O) groups is 2. The topological polar surface area (TPSA) is 85.9 Å². The minimum Gasteiger partial charge on any atom is -0.493 e. The van der Waals surface area contributed by atoms with Gasteiger partial charge in [-0.1, -0.05) is 12.1 Å². The summed E-state index contributed by atoms with van der Waals surface area (Å²) in [5, 5.41) is 6.93. The Morgan fingerprint density at radius 3 is 2.43 bits per heavy atom. The largest absolute Gasteiger partial charge is 0.493 e. The summed E-state index contributed by atoms with van der Waals surface area (Å²) in [6.07, 6.45) is 0.653. The van der Waals surface area contributed by atoms with Gasteiger partial charge in [-0.2, -0.15) is 0 Å². The lowest BCUT2D eigenvalue weighted by Gasteiger charge is -2.42. The van der Waals surface area contributed by atoms with Gasteiger partial charge in [0.15, 0.2) is 18.1 Å². The number of methoxy groups -OCH3 is 2. The number of hydrogen-bond donors (Lipinski definition) is 2. The van der Waals surface area contributed by atoms with Gasteiger partial charge < -0.3 is 24.8 Å². The number of esters is 1. The van der Waals surface area contributed by atoms with Crippen LogP contribution in [-0.4, -0.2) is 38.2 Å². The van der Waals surface area contributed by atoms with Crippen molar-refractivity contribution < 1.29 is 23.8 Å². The molecule has 0 fully saturated rings. The molecule has 0 radical (unpaired) electrons. The molecule has 1 aliphatic rings. The molecule has 30 heavy (non-hydrogen) atoms. The van der Waals surface area contributed by atoms with Gasteiger partial charge in [-0.3, -0.25) is 4.79 Å². The van der Waals surface area contributed by atoms with Crippen molar-refractivity contribution in [1.29, 1.82) is 0 Å². The molecular formula is C22H28N2O5S. The molecule has 0 atom stereocenters. The number of amides is 1. The van der Waals surface area contributed by atoms with E-state index in [-0.39, 0.29) is 23.6 Å². The Bertz CT molecular complexity index is 964. The van der Waals surface area contributed by atoms with Crippen molar-refractivity contribution in [2.45, 2.75) is 45.2 Å². The molecule has 8 heteroatoms. The third kappa shape index (κ3) is 4.44. The number of carbonyl (C=O) groups excluding carboxylic acids is 2. The first-order chi connectivity index (χ1) is 14.1. The molecule has 0 unspecified atom stereocenters. The monoisotopic (exact) mass is 432 g/mol. The summed E-state index contributed by atoms with van der Waals surface area (Å²) >= 11 is 1.40. The van der Waals surface area contributed by atoms with Gasteiger partial charge in [0.25, 0.3) is 5.91 Å². The number of rotatable bonds is 6. The summed E-state index contributed by atoms with van der Waals surface area (Å²) in [6.45, 7) is 8.11. The molecule has 2 N–H and O–H groups in total. The Kier molecular flexibility index (Phi) is 6.10. The standard InChI is InChI=1S/C22H28N2O5S/c1-21(2)11-13-17(20(26)28-6)19(30-18(13)22(3,4)24-21)23-16(25)12-29-15-10-8-7-9-14(15)27-5/h7-10,24H,11-12H2,1-6H3,(H,23,25). The Hall–Kier alpha value is -2.58. The second-order valence-electron chi connectivity index (χ2n) is 8.40. The quantitative estimate of drug-likeness (QED) is 0.677. The van der Waals surface area contributed by atoms with Crippen molar-refractivity contribution in [3.8, 4) is 11.5 Å². The van der Waals surface area contributed by atoms with E-state index in [0.717, 1.165) is 10.4 Å². The molecule has 0 saturated heterocycles. The van der Waals surface area contributed by atoms with Gasteiger partial charge in [0, 0.05) is 16.0 Å². The van der Waals surface area contributed by atoms with Crippen molar-refractivity contribution in [2.75, 3.05) is 26.1 Å². The highest BCUT2D eigenvalue weighted by Gasteiger charge is 2.42. The van der Waals surface area contributed by atoms with E-state index in [4.69, 9.17) is 14.2 Å². The molecule has 0 spiro atoms. The zero-order valence-corrected chi connectivity index (χ0v) is 19.0. The van der Waals surface area contributed by atoms with Crippen LogP contribution in [0.1, 0.15) is 48.5 Å². The van der Waals surface area contributed by atoms with Crippen molar-refractivity contribution in [2.24, 2.45) is 0 Å². The van der Waals surface area contributed by atoms with Crippen LogP contribution in [-0.2, 0) is 21.5 Å². The lowest BCUT2D eigenvalue weighted by molar-refractivity contribution is -0.118. The number of para-hydroxylation sites is 2. The molecule has 2 heterocycles. The van der Waals surface area contributed by atoms with E-state index < -0.39 is 5.97 Å². The number of hydrogen-bond acceptors (Lipinski definition) is 7. The van der Waals surface area contributed by atoms with Crippen LogP contribution in [0.2, 0.25) is 0 Å². The van der Waals surface area contributed by atoms with Gasteiger partial charge in [-0.15, -0.1) is 11.3 Å². The van der Waals surface area contributed by atoms with Crippen LogP contribution < -0.4 is 20.1 Å². The van der Waals surface area contributed by atoms with E-state index in [9.17, 15) is 9.59 Å². The Labute approximate surface area is 180 Å². The minimum atomic E-state index is -0.457. The van der Waals surface area contributed by atoms with Gasteiger partial charge in [-0.05, 0) is 51.8 Å². The molecule has 162 valence electrons. The van der Waals surface area contributed by atoms with E-state index in [1.165, 1.54) is 18.4 Å². The van der Waals surface area contributed by atoms with Crippen LogP contribution >= 0.6 is 11.3 Å². The Balaban J connectivity index is 1.86. The number of anilines is 1. The van der Waals surface area contributed by atoms with E-state index in [0.29, 0.717) is 28.5 Å². The van der Waals surface area contributed by atoms with Gasteiger partial charge in [0.2, 0.25) is 0 Å². The third-order valence-corrected chi connectivity index (χ3v) is 6.39. The molecule has 2 aromatic rings. The smallest absolute Gasteiger partial charge is 0.341 e. The van der Waals surface area contributed by atoms with Crippen LogP contribution in [0.25, 0.3) is 0 Å². The average Bonchev–Trinajstić information content (AvgIpc) is 3.02. The van der Waals surface area contributed by atoms with E-state index >= 15 is 0 Å². The minimum absolute atomic E-state index is 0.200.